The molecule has 0 unspecified atom stereocenters. The lowest BCUT2D eigenvalue weighted by Crippen LogP contribution is -2.37. The molecule has 2 N–H and O–H groups in total. The molecule has 1 saturated heterocycles. The van der Waals surface area contributed by atoms with Gasteiger partial charge in [0.1, 0.15) is 17.5 Å². The highest BCUT2D eigenvalue weighted by molar-refractivity contribution is 5.94. The summed E-state index contributed by atoms with van der Waals surface area (Å²) in [4.78, 5) is 9.00. The molecule has 2 aromatic carbocycles. The number of hydrogen-bond donors (Lipinski definition) is 2. The number of aromatic amines is 1. The molecule has 2 aromatic heterocycles. The minimum Gasteiger partial charge on any atom is -0.472 e. The van der Waals surface area contributed by atoms with Gasteiger partial charge in [0, 0.05) is 11.9 Å². The number of fused-ring (bicyclic) bond motifs is 1. The number of piperidine rings is 1. The third kappa shape index (κ3) is 3.34. The first-order chi connectivity index (χ1) is 13.9. The van der Waals surface area contributed by atoms with Gasteiger partial charge in [-0.2, -0.15) is 5.10 Å². The molecular formula is C22H21N5O. The van der Waals surface area contributed by atoms with Crippen LogP contribution >= 0.6 is 0 Å². The van der Waals surface area contributed by atoms with Crippen molar-refractivity contribution in [1.29, 1.82) is 0 Å². The number of benzene rings is 2. The molecule has 28 heavy (non-hydrogen) atoms. The van der Waals surface area contributed by atoms with Crippen LogP contribution in [0.15, 0.2) is 60.9 Å². The maximum atomic E-state index is 6.03. The van der Waals surface area contributed by atoms with Gasteiger partial charge in [0.05, 0.1) is 17.9 Å². The van der Waals surface area contributed by atoms with Gasteiger partial charge in [0.2, 0.25) is 5.88 Å². The molecule has 1 aliphatic rings. The Bertz CT molecular complexity index is 1090. The van der Waals surface area contributed by atoms with Crippen LogP contribution in [-0.4, -0.2) is 39.4 Å². The Kier molecular flexibility index (Phi) is 4.47. The van der Waals surface area contributed by atoms with E-state index in [0.29, 0.717) is 11.6 Å². The van der Waals surface area contributed by atoms with E-state index in [2.05, 4.69) is 55.8 Å². The van der Waals surface area contributed by atoms with Crippen molar-refractivity contribution in [2.24, 2.45) is 0 Å². The molecule has 4 aromatic rings. The first kappa shape index (κ1) is 16.9. The molecule has 5 rings (SSSR count). The van der Waals surface area contributed by atoms with Crippen LogP contribution in [-0.2, 0) is 0 Å². The molecule has 0 bridgehead atoms. The second kappa shape index (κ2) is 7.40. The zero-order chi connectivity index (χ0) is 18.8. The normalized spacial score (nSPS) is 16.9. The van der Waals surface area contributed by atoms with E-state index < -0.39 is 0 Å². The van der Waals surface area contributed by atoms with Crippen LogP contribution < -0.4 is 10.1 Å². The van der Waals surface area contributed by atoms with Crippen LogP contribution in [0.4, 0.5) is 0 Å². The highest BCUT2D eigenvalue weighted by Crippen LogP contribution is 2.30. The predicted molar refractivity (Wildman–Crippen MR) is 109 cm³/mol. The maximum Gasteiger partial charge on any atom is 0.233 e. The number of rotatable bonds is 4. The molecule has 3 heterocycles. The molecule has 0 radical (unpaired) electrons. The quantitative estimate of drug-likeness (QED) is 0.570. The summed E-state index contributed by atoms with van der Waals surface area (Å²) >= 11 is 0. The first-order valence-electron chi connectivity index (χ1n) is 9.60. The monoisotopic (exact) mass is 371 g/mol. The molecule has 0 aliphatic carbocycles. The number of ether oxygens (including phenoxy) is 1. The van der Waals surface area contributed by atoms with E-state index in [1.54, 1.807) is 12.4 Å². The Hall–Kier alpha value is -3.25. The second-order valence-electron chi connectivity index (χ2n) is 7.03. The molecule has 1 fully saturated rings. The number of nitrogens with zero attached hydrogens (tertiary/aromatic N) is 3. The summed E-state index contributed by atoms with van der Waals surface area (Å²) in [5.74, 6) is 0.543. The van der Waals surface area contributed by atoms with Crippen molar-refractivity contribution in [3.63, 3.8) is 0 Å². The fourth-order valence-electron chi connectivity index (χ4n) is 3.63. The van der Waals surface area contributed by atoms with Gasteiger partial charge in [0.25, 0.3) is 0 Å². The van der Waals surface area contributed by atoms with Crippen molar-refractivity contribution in [1.82, 2.24) is 25.5 Å². The summed E-state index contributed by atoms with van der Waals surface area (Å²) in [5, 5.41) is 12.0. The summed E-state index contributed by atoms with van der Waals surface area (Å²) < 4.78 is 6.03. The molecule has 6 nitrogen and oxygen atoms in total. The van der Waals surface area contributed by atoms with E-state index >= 15 is 0 Å². The standard InChI is InChI=1S/C22H21N5O/c1-2-5-15(6-3-1)16-8-9-19-18(11-16)22(27-26-19)20-13-24-14-21(25-20)28-17-7-4-10-23-12-17/h1-3,5-6,8-9,11,13-14,17,23H,4,7,10,12H2,(H,26,27)/t17-/m1/s1. The largest absolute Gasteiger partial charge is 0.472 e. The van der Waals surface area contributed by atoms with E-state index in [-0.39, 0.29) is 6.10 Å². The van der Waals surface area contributed by atoms with Crippen molar-refractivity contribution in [2.75, 3.05) is 13.1 Å². The van der Waals surface area contributed by atoms with Gasteiger partial charge in [-0.05, 0) is 42.6 Å². The van der Waals surface area contributed by atoms with Gasteiger partial charge >= 0.3 is 0 Å². The van der Waals surface area contributed by atoms with Gasteiger partial charge in [-0.25, -0.2) is 4.98 Å². The fourth-order valence-corrected chi connectivity index (χ4v) is 3.63. The Morgan fingerprint density at radius 1 is 1.00 bits per heavy atom. The lowest BCUT2D eigenvalue weighted by Gasteiger charge is -2.23. The Morgan fingerprint density at radius 3 is 2.79 bits per heavy atom. The van der Waals surface area contributed by atoms with E-state index in [1.807, 2.05) is 18.2 Å². The van der Waals surface area contributed by atoms with Crippen LogP contribution in [0.5, 0.6) is 5.88 Å². The van der Waals surface area contributed by atoms with Crippen LogP contribution in [0.25, 0.3) is 33.4 Å². The number of hydrogen-bond acceptors (Lipinski definition) is 5. The van der Waals surface area contributed by atoms with Crippen LogP contribution in [0, 0.1) is 0 Å². The molecule has 1 aliphatic heterocycles. The smallest absolute Gasteiger partial charge is 0.233 e. The first-order valence-corrected chi connectivity index (χ1v) is 9.60. The van der Waals surface area contributed by atoms with Gasteiger partial charge in [0.15, 0.2) is 0 Å². The third-order valence-corrected chi connectivity index (χ3v) is 5.06. The zero-order valence-corrected chi connectivity index (χ0v) is 15.4. The second-order valence-corrected chi connectivity index (χ2v) is 7.03. The highest BCUT2D eigenvalue weighted by atomic mass is 16.5. The molecule has 0 spiro atoms. The van der Waals surface area contributed by atoms with Gasteiger partial charge in [-0.15, -0.1) is 0 Å². The molecule has 6 heteroatoms. The fraction of sp³-hybridized carbons (Fsp3) is 0.227. The van der Waals surface area contributed by atoms with E-state index in [9.17, 15) is 0 Å². The van der Waals surface area contributed by atoms with Crippen molar-refractivity contribution >= 4 is 10.9 Å². The van der Waals surface area contributed by atoms with Crippen molar-refractivity contribution in [2.45, 2.75) is 18.9 Å². The summed E-state index contributed by atoms with van der Waals surface area (Å²) in [6, 6.07) is 16.6. The average molecular weight is 371 g/mol. The molecule has 140 valence electrons. The minimum absolute atomic E-state index is 0.138. The lowest BCUT2D eigenvalue weighted by atomic mass is 10.0. The maximum absolute atomic E-state index is 6.03. The molecular weight excluding hydrogens is 350 g/mol. The third-order valence-electron chi connectivity index (χ3n) is 5.06. The molecule has 0 amide bonds. The summed E-state index contributed by atoms with van der Waals surface area (Å²) in [7, 11) is 0. The highest BCUT2D eigenvalue weighted by Gasteiger charge is 2.17. The van der Waals surface area contributed by atoms with Gasteiger partial charge in [-0.1, -0.05) is 36.4 Å². The number of nitrogens with one attached hydrogen (secondary N) is 2. The predicted octanol–water partition coefficient (Wildman–Crippen LogP) is 3.82. The van der Waals surface area contributed by atoms with Crippen LogP contribution in [0.1, 0.15) is 12.8 Å². The van der Waals surface area contributed by atoms with Gasteiger partial charge < -0.3 is 10.1 Å². The Balaban J connectivity index is 1.49. The van der Waals surface area contributed by atoms with Crippen molar-refractivity contribution in [3.05, 3.63) is 60.9 Å². The van der Waals surface area contributed by atoms with Crippen LogP contribution in [0.2, 0.25) is 0 Å². The van der Waals surface area contributed by atoms with Gasteiger partial charge in [-0.3, -0.25) is 10.1 Å². The van der Waals surface area contributed by atoms with E-state index in [0.717, 1.165) is 48.1 Å². The van der Waals surface area contributed by atoms with E-state index in [1.165, 1.54) is 5.56 Å². The minimum atomic E-state index is 0.138. The van der Waals surface area contributed by atoms with E-state index in [4.69, 9.17) is 4.74 Å². The average Bonchev–Trinajstić information content (AvgIpc) is 3.19. The van der Waals surface area contributed by atoms with Crippen molar-refractivity contribution < 1.29 is 4.74 Å². The molecule has 1 atom stereocenters. The Morgan fingerprint density at radius 2 is 1.93 bits per heavy atom. The number of aromatic nitrogens is 4. The zero-order valence-electron chi connectivity index (χ0n) is 15.4. The topological polar surface area (TPSA) is 75.7 Å². The SMILES string of the molecule is c1ccc(-c2ccc3[nH]nc(-c4cncc(O[C@@H]5CCCNC5)n4)c3c2)cc1. The van der Waals surface area contributed by atoms with Crippen molar-refractivity contribution in [3.8, 4) is 28.4 Å². The summed E-state index contributed by atoms with van der Waals surface area (Å²) in [6.07, 6.45) is 5.69. The lowest BCUT2D eigenvalue weighted by molar-refractivity contribution is 0.160. The number of H-pyrrole nitrogens is 1. The molecule has 0 saturated carbocycles. The van der Waals surface area contributed by atoms with Crippen LogP contribution in [0.3, 0.4) is 0 Å². The summed E-state index contributed by atoms with van der Waals surface area (Å²) in [6.45, 7) is 1.90. The Labute approximate surface area is 163 Å². The summed E-state index contributed by atoms with van der Waals surface area (Å²) in [5.41, 5.74) is 4.78.